The minimum Gasteiger partial charge on any atom is -0.337 e. The van der Waals surface area contributed by atoms with Crippen molar-refractivity contribution in [1.82, 2.24) is 19.4 Å². The fraction of sp³-hybridized carbons (Fsp3) is 0.526. The number of likely N-dealkylation sites (N-methyl/N-ethyl adjacent to an activating group) is 1. The monoisotopic (exact) mass is 356 g/mol. The molecule has 1 fully saturated rings. The van der Waals surface area contributed by atoms with E-state index in [1.54, 1.807) is 0 Å². The molecule has 1 unspecified atom stereocenters. The second-order valence-corrected chi connectivity index (χ2v) is 7.98. The van der Waals surface area contributed by atoms with Crippen molar-refractivity contribution in [2.75, 3.05) is 20.1 Å². The first-order chi connectivity index (χ1) is 12.1. The zero-order valence-electron chi connectivity index (χ0n) is 14.8. The number of hydrogen-bond donors (Lipinski definition) is 0. The van der Waals surface area contributed by atoms with E-state index in [-0.39, 0.29) is 11.9 Å². The van der Waals surface area contributed by atoms with Gasteiger partial charge in [0.25, 0.3) is 5.91 Å². The van der Waals surface area contributed by atoms with E-state index in [1.807, 2.05) is 18.9 Å². The molecule has 0 bridgehead atoms. The summed E-state index contributed by atoms with van der Waals surface area (Å²) in [6, 6.07) is 9.63. The number of piperidine rings is 1. The molecule has 1 saturated heterocycles. The molecule has 1 amide bonds. The van der Waals surface area contributed by atoms with Crippen LogP contribution in [-0.4, -0.2) is 57.5 Å². The van der Waals surface area contributed by atoms with E-state index in [0.29, 0.717) is 10.9 Å². The fourth-order valence-electron chi connectivity index (χ4n) is 4.18. The summed E-state index contributed by atoms with van der Waals surface area (Å²) < 4.78 is 3.91. The minimum atomic E-state index is 0.0639. The van der Waals surface area contributed by atoms with Gasteiger partial charge in [-0.05, 0) is 61.8 Å². The van der Waals surface area contributed by atoms with Crippen molar-refractivity contribution >= 4 is 17.4 Å². The third-order valence-electron chi connectivity index (χ3n) is 5.69. The molecule has 6 heteroatoms. The Bertz CT molecular complexity index is 749. The van der Waals surface area contributed by atoms with Crippen molar-refractivity contribution in [3.05, 3.63) is 46.0 Å². The molecular weight excluding hydrogens is 332 g/mol. The van der Waals surface area contributed by atoms with Crippen molar-refractivity contribution in [2.24, 2.45) is 0 Å². The highest BCUT2D eigenvalue weighted by atomic mass is 32.1. The van der Waals surface area contributed by atoms with Gasteiger partial charge in [-0.25, -0.2) is 0 Å². The maximum atomic E-state index is 12.8. The second-order valence-electron chi connectivity index (χ2n) is 7.23. The van der Waals surface area contributed by atoms with Gasteiger partial charge in [-0.3, -0.25) is 9.69 Å². The first-order valence-electron chi connectivity index (χ1n) is 9.00. The molecule has 0 saturated carbocycles. The van der Waals surface area contributed by atoms with Crippen LogP contribution < -0.4 is 0 Å². The maximum absolute atomic E-state index is 12.8. The Morgan fingerprint density at radius 3 is 2.64 bits per heavy atom. The summed E-state index contributed by atoms with van der Waals surface area (Å²) in [5.41, 5.74) is 3.72. The highest BCUT2D eigenvalue weighted by Gasteiger charge is 2.33. The maximum Gasteiger partial charge on any atom is 0.267 e. The first kappa shape index (κ1) is 16.7. The van der Waals surface area contributed by atoms with Crippen LogP contribution in [0.15, 0.2) is 24.3 Å². The van der Waals surface area contributed by atoms with Crippen LogP contribution in [0.3, 0.4) is 0 Å². The van der Waals surface area contributed by atoms with Gasteiger partial charge in [0.15, 0.2) is 0 Å². The molecule has 2 aliphatic rings. The number of rotatable bonds is 3. The number of likely N-dealkylation sites (tertiary alicyclic amines) is 1. The molecule has 1 aromatic carbocycles. The molecule has 1 aliphatic heterocycles. The standard InChI is InChI=1S/C19H24N4OS/c1-13-18(25-21-20-13)19(24)22(2)16-8-5-9-23(12-16)17-10-14-6-3-4-7-15(14)11-17/h3-4,6-7,16-17H,5,8-12H2,1-2H3. The molecule has 0 spiro atoms. The lowest BCUT2D eigenvalue weighted by Crippen LogP contribution is -2.51. The normalized spacial score (nSPS) is 21.3. The fourth-order valence-corrected chi connectivity index (χ4v) is 4.82. The lowest BCUT2D eigenvalue weighted by Gasteiger charge is -2.40. The number of carbonyl (C=O) groups excluding carboxylic acids is 1. The molecule has 132 valence electrons. The van der Waals surface area contributed by atoms with Crippen molar-refractivity contribution in [1.29, 1.82) is 0 Å². The molecule has 1 aliphatic carbocycles. The van der Waals surface area contributed by atoms with Crippen LogP contribution in [-0.2, 0) is 12.8 Å². The van der Waals surface area contributed by atoms with Crippen LogP contribution in [0.4, 0.5) is 0 Å². The van der Waals surface area contributed by atoms with E-state index in [4.69, 9.17) is 0 Å². The van der Waals surface area contributed by atoms with E-state index in [9.17, 15) is 4.79 Å². The van der Waals surface area contributed by atoms with Crippen LogP contribution in [0, 0.1) is 6.92 Å². The Balaban J connectivity index is 1.43. The number of benzene rings is 1. The third kappa shape index (κ3) is 3.20. The Labute approximate surface area is 152 Å². The van der Waals surface area contributed by atoms with E-state index in [1.165, 1.54) is 22.7 Å². The summed E-state index contributed by atoms with van der Waals surface area (Å²) >= 11 is 1.20. The molecule has 0 radical (unpaired) electrons. The predicted octanol–water partition coefficient (Wildman–Crippen LogP) is 2.55. The number of aryl methyl sites for hydroxylation is 1. The van der Waals surface area contributed by atoms with Gasteiger partial charge in [-0.2, -0.15) is 0 Å². The van der Waals surface area contributed by atoms with Gasteiger partial charge in [0.05, 0.1) is 5.69 Å². The summed E-state index contributed by atoms with van der Waals surface area (Å²) in [6.07, 6.45) is 4.50. The van der Waals surface area contributed by atoms with Gasteiger partial charge in [0.2, 0.25) is 0 Å². The highest BCUT2D eigenvalue weighted by Crippen LogP contribution is 2.28. The number of hydrogen-bond acceptors (Lipinski definition) is 5. The number of aromatic nitrogens is 2. The molecular formula is C19H24N4OS. The smallest absolute Gasteiger partial charge is 0.267 e. The summed E-state index contributed by atoms with van der Waals surface area (Å²) in [6.45, 7) is 3.96. The Morgan fingerprint density at radius 2 is 2.00 bits per heavy atom. The minimum absolute atomic E-state index is 0.0639. The summed E-state index contributed by atoms with van der Waals surface area (Å²) in [7, 11) is 1.93. The first-order valence-corrected chi connectivity index (χ1v) is 9.77. The third-order valence-corrected chi connectivity index (χ3v) is 6.50. The molecule has 2 heterocycles. The van der Waals surface area contributed by atoms with E-state index in [0.717, 1.165) is 44.5 Å². The second kappa shape index (κ2) is 6.84. The molecule has 5 nitrogen and oxygen atoms in total. The zero-order valence-corrected chi connectivity index (χ0v) is 15.6. The molecule has 1 atom stereocenters. The summed E-state index contributed by atoms with van der Waals surface area (Å²) in [4.78, 5) is 18.0. The van der Waals surface area contributed by atoms with Gasteiger partial charge in [0.1, 0.15) is 4.88 Å². The Kier molecular flexibility index (Phi) is 4.56. The topological polar surface area (TPSA) is 49.3 Å². The van der Waals surface area contributed by atoms with E-state index >= 15 is 0 Å². The van der Waals surface area contributed by atoms with E-state index in [2.05, 4.69) is 38.8 Å². The van der Waals surface area contributed by atoms with Crippen molar-refractivity contribution in [3.8, 4) is 0 Å². The number of nitrogens with zero attached hydrogens (tertiary/aromatic N) is 4. The van der Waals surface area contributed by atoms with Crippen LogP contribution >= 0.6 is 11.5 Å². The Hall–Kier alpha value is -1.79. The molecule has 2 aromatic rings. The number of amides is 1. The Morgan fingerprint density at radius 1 is 1.28 bits per heavy atom. The van der Waals surface area contributed by atoms with Crippen LogP contribution in [0.25, 0.3) is 0 Å². The average Bonchev–Trinajstić information content (AvgIpc) is 3.26. The largest absolute Gasteiger partial charge is 0.337 e. The predicted molar refractivity (Wildman–Crippen MR) is 99.0 cm³/mol. The van der Waals surface area contributed by atoms with Crippen LogP contribution in [0.1, 0.15) is 39.3 Å². The lowest BCUT2D eigenvalue weighted by molar-refractivity contribution is 0.0559. The van der Waals surface area contributed by atoms with Gasteiger partial charge in [-0.15, -0.1) is 5.10 Å². The summed E-state index contributed by atoms with van der Waals surface area (Å²) in [5.74, 6) is 0.0639. The van der Waals surface area contributed by atoms with E-state index < -0.39 is 0 Å². The molecule has 25 heavy (non-hydrogen) atoms. The average molecular weight is 356 g/mol. The van der Waals surface area contributed by atoms with Crippen LogP contribution in [0.2, 0.25) is 0 Å². The van der Waals surface area contributed by atoms with Gasteiger partial charge in [0, 0.05) is 25.7 Å². The summed E-state index contributed by atoms with van der Waals surface area (Å²) in [5, 5.41) is 3.98. The highest BCUT2D eigenvalue weighted by molar-refractivity contribution is 7.07. The quantitative estimate of drug-likeness (QED) is 0.848. The zero-order chi connectivity index (χ0) is 17.4. The van der Waals surface area contributed by atoms with Gasteiger partial charge in [-0.1, -0.05) is 28.8 Å². The van der Waals surface area contributed by atoms with Crippen molar-refractivity contribution in [2.45, 2.75) is 44.7 Å². The lowest BCUT2D eigenvalue weighted by atomic mass is 10.0. The molecule has 4 rings (SSSR count). The van der Waals surface area contributed by atoms with Gasteiger partial charge >= 0.3 is 0 Å². The SMILES string of the molecule is Cc1nnsc1C(=O)N(C)C1CCCN(C2Cc3ccccc3C2)C1. The van der Waals surface area contributed by atoms with Crippen molar-refractivity contribution < 1.29 is 4.79 Å². The van der Waals surface area contributed by atoms with Crippen LogP contribution in [0.5, 0.6) is 0 Å². The number of fused-ring (bicyclic) bond motifs is 1. The molecule has 0 N–H and O–H groups in total. The molecule has 1 aromatic heterocycles. The van der Waals surface area contributed by atoms with Gasteiger partial charge < -0.3 is 4.90 Å². The number of carbonyl (C=O) groups is 1. The van der Waals surface area contributed by atoms with Crippen molar-refractivity contribution in [3.63, 3.8) is 0 Å².